The molecule has 1 aliphatic heterocycles. The highest BCUT2D eigenvalue weighted by atomic mass is 16.5. The van der Waals surface area contributed by atoms with Crippen LogP contribution in [0.4, 0.5) is 5.69 Å². The summed E-state index contributed by atoms with van der Waals surface area (Å²) in [5.74, 6) is 0.867. The van der Waals surface area contributed by atoms with Crippen LogP contribution in [0.15, 0.2) is 39.5 Å². The third kappa shape index (κ3) is 2.54. The molecule has 138 valence electrons. The molecule has 0 amide bonds. The highest BCUT2D eigenvalue weighted by Crippen LogP contribution is 2.38. The number of rotatable bonds is 2. The topological polar surface area (TPSA) is 42.7 Å². The highest BCUT2D eigenvalue weighted by molar-refractivity contribution is 5.87. The number of hydrogen-bond donors (Lipinski definition) is 0. The van der Waals surface area contributed by atoms with Crippen LogP contribution in [0.3, 0.4) is 0 Å². The Labute approximate surface area is 158 Å². The van der Waals surface area contributed by atoms with E-state index in [-0.39, 0.29) is 5.63 Å². The molecule has 1 aliphatic carbocycles. The summed E-state index contributed by atoms with van der Waals surface area (Å²) in [6.45, 7) is 5.47. The van der Waals surface area contributed by atoms with E-state index in [1.165, 1.54) is 16.8 Å². The van der Waals surface area contributed by atoms with Gasteiger partial charge in [0.05, 0.1) is 0 Å². The minimum absolute atomic E-state index is 0.174. The Morgan fingerprint density at radius 1 is 1.15 bits per heavy atom. The molecule has 3 aromatic rings. The van der Waals surface area contributed by atoms with E-state index in [1.807, 2.05) is 6.92 Å². The second kappa shape index (κ2) is 6.15. The largest absolute Gasteiger partial charge is 0.472 e. The summed E-state index contributed by atoms with van der Waals surface area (Å²) >= 11 is 0. The van der Waals surface area contributed by atoms with Crippen molar-refractivity contribution in [3.8, 4) is 5.75 Å². The van der Waals surface area contributed by atoms with Gasteiger partial charge < -0.3 is 14.1 Å². The van der Waals surface area contributed by atoms with Crippen molar-refractivity contribution in [1.82, 2.24) is 0 Å². The van der Waals surface area contributed by atoms with Crippen molar-refractivity contribution in [3.63, 3.8) is 0 Å². The van der Waals surface area contributed by atoms with Gasteiger partial charge in [-0.1, -0.05) is 19.1 Å². The molecule has 27 heavy (non-hydrogen) atoms. The number of aryl methyl sites for hydroxylation is 3. The van der Waals surface area contributed by atoms with E-state index in [9.17, 15) is 4.79 Å². The fourth-order valence-electron chi connectivity index (χ4n) is 4.48. The van der Waals surface area contributed by atoms with Gasteiger partial charge in [-0.2, -0.15) is 0 Å². The van der Waals surface area contributed by atoms with Gasteiger partial charge >= 0.3 is 5.63 Å². The zero-order chi connectivity index (χ0) is 18.5. The first-order valence-electron chi connectivity index (χ1n) is 9.73. The number of ether oxygens (including phenoxy) is 1. The van der Waals surface area contributed by atoms with Crippen LogP contribution in [0.2, 0.25) is 0 Å². The van der Waals surface area contributed by atoms with Crippen LogP contribution >= 0.6 is 0 Å². The maximum atomic E-state index is 12.3. The number of fused-ring (bicyclic) bond motifs is 4. The van der Waals surface area contributed by atoms with Crippen LogP contribution < -0.4 is 15.3 Å². The summed E-state index contributed by atoms with van der Waals surface area (Å²) in [6.07, 6.45) is 3.84. The molecule has 2 aromatic carbocycles. The van der Waals surface area contributed by atoms with Gasteiger partial charge in [0.2, 0.25) is 0 Å². The molecule has 0 saturated heterocycles. The van der Waals surface area contributed by atoms with Crippen LogP contribution in [0.25, 0.3) is 11.0 Å². The van der Waals surface area contributed by atoms with Gasteiger partial charge in [-0.15, -0.1) is 0 Å². The Kier molecular flexibility index (Phi) is 3.74. The maximum absolute atomic E-state index is 12.3. The molecule has 0 bridgehead atoms. The van der Waals surface area contributed by atoms with Gasteiger partial charge in [-0.3, -0.25) is 0 Å². The Hall–Kier alpha value is -2.75. The van der Waals surface area contributed by atoms with Crippen LogP contribution in [0.1, 0.15) is 41.2 Å². The SMILES string of the molecule is CCc1cccc(N2COc3c(cc4c5c(c(=O)oc4c3C)CCC5)C2)c1. The number of nitrogens with zero attached hydrogens (tertiary/aromatic N) is 1. The summed E-state index contributed by atoms with van der Waals surface area (Å²) in [5, 5.41) is 1.09. The van der Waals surface area contributed by atoms with Gasteiger partial charge in [-0.05, 0) is 61.9 Å². The molecule has 0 spiro atoms. The fraction of sp³-hybridized carbons (Fsp3) is 0.348. The Balaban J connectivity index is 1.62. The number of anilines is 1. The predicted molar refractivity (Wildman–Crippen MR) is 107 cm³/mol. The van der Waals surface area contributed by atoms with Gasteiger partial charge in [0, 0.05) is 34.3 Å². The zero-order valence-electron chi connectivity index (χ0n) is 15.8. The van der Waals surface area contributed by atoms with Crippen molar-refractivity contribution < 1.29 is 9.15 Å². The molecule has 0 radical (unpaired) electrons. The van der Waals surface area contributed by atoms with E-state index >= 15 is 0 Å². The molecule has 5 rings (SSSR count). The van der Waals surface area contributed by atoms with Gasteiger partial charge in [0.25, 0.3) is 0 Å². The third-order valence-corrected chi connectivity index (χ3v) is 5.93. The van der Waals surface area contributed by atoms with Crippen molar-refractivity contribution in [2.45, 2.75) is 46.1 Å². The average Bonchev–Trinajstić information content (AvgIpc) is 3.20. The van der Waals surface area contributed by atoms with E-state index in [0.29, 0.717) is 12.3 Å². The lowest BCUT2D eigenvalue weighted by Gasteiger charge is -2.32. The minimum atomic E-state index is -0.174. The summed E-state index contributed by atoms with van der Waals surface area (Å²) in [6, 6.07) is 10.8. The molecule has 0 fully saturated rings. The predicted octanol–water partition coefficient (Wildman–Crippen LogP) is 4.51. The highest BCUT2D eigenvalue weighted by Gasteiger charge is 2.26. The van der Waals surface area contributed by atoms with Gasteiger partial charge in [-0.25, -0.2) is 4.79 Å². The average molecular weight is 361 g/mol. The molecule has 2 aliphatic rings. The smallest absolute Gasteiger partial charge is 0.339 e. The molecule has 1 aromatic heterocycles. The molecule has 0 N–H and O–H groups in total. The van der Waals surface area contributed by atoms with Crippen molar-refractivity contribution in [1.29, 1.82) is 0 Å². The molecule has 0 atom stereocenters. The third-order valence-electron chi connectivity index (χ3n) is 5.93. The second-order valence-electron chi connectivity index (χ2n) is 7.56. The first kappa shape index (κ1) is 16.4. The first-order valence-corrected chi connectivity index (χ1v) is 9.73. The molecule has 2 heterocycles. The quantitative estimate of drug-likeness (QED) is 0.630. The van der Waals surface area contributed by atoms with Crippen molar-refractivity contribution in [2.75, 3.05) is 11.6 Å². The van der Waals surface area contributed by atoms with E-state index in [4.69, 9.17) is 9.15 Å². The van der Waals surface area contributed by atoms with Gasteiger partial charge in [0.1, 0.15) is 11.3 Å². The van der Waals surface area contributed by atoms with Crippen molar-refractivity contribution >= 4 is 16.7 Å². The molecule has 0 unspecified atom stereocenters. The van der Waals surface area contributed by atoms with Crippen LogP contribution in [-0.4, -0.2) is 6.73 Å². The van der Waals surface area contributed by atoms with E-state index in [0.717, 1.165) is 60.1 Å². The molecular weight excluding hydrogens is 338 g/mol. The Morgan fingerprint density at radius 3 is 2.85 bits per heavy atom. The number of hydrogen-bond acceptors (Lipinski definition) is 4. The second-order valence-corrected chi connectivity index (χ2v) is 7.56. The monoisotopic (exact) mass is 361 g/mol. The lowest BCUT2D eigenvalue weighted by Crippen LogP contribution is -2.32. The Morgan fingerprint density at radius 2 is 2.00 bits per heavy atom. The molecule has 4 nitrogen and oxygen atoms in total. The standard InChI is InChI=1S/C23H23NO3/c1-3-15-6-4-7-17(10-15)24-12-16-11-20-18-8-5-9-19(18)23(25)27-22(20)14(2)21(16)26-13-24/h4,6-7,10-11H,3,5,8-9,12-13H2,1-2H3. The minimum Gasteiger partial charge on any atom is -0.472 e. The van der Waals surface area contributed by atoms with E-state index in [2.05, 4.69) is 42.2 Å². The van der Waals surface area contributed by atoms with Crippen LogP contribution in [0.5, 0.6) is 5.75 Å². The van der Waals surface area contributed by atoms with E-state index < -0.39 is 0 Å². The lowest BCUT2D eigenvalue weighted by atomic mass is 9.99. The maximum Gasteiger partial charge on any atom is 0.339 e. The van der Waals surface area contributed by atoms with Gasteiger partial charge in [0.15, 0.2) is 6.73 Å². The van der Waals surface area contributed by atoms with E-state index in [1.54, 1.807) is 0 Å². The number of benzene rings is 2. The summed E-state index contributed by atoms with van der Waals surface area (Å²) in [4.78, 5) is 14.6. The summed E-state index contributed by atoms with van der Waals surface area (Å²) in [7, 11) is 0. The summed E-state index contributed by atoms with van der Waals surface area (Å²) in [5.41, 5.74) is 7.18. The first-order chi connectivity index (χ1) is 13.2. The lowest BCUT2D eigenvalue weighted by molar-refractivity contribution is 0.287. The molecule has 4 heteroatoms. The molecule has 0 saturated carbocycles. The Bertz CT molecular complexity index is 1110. The van der Waals surface area contributed by atoms with Crippen LogP contribution in [-0.2, 0) is 25.8 Å². The van der Waals surface area contributed by atoms with Crippen LogP contribution in [0, 0.1) is 6.92 Å². The van der Waals surface area contributed by atoms with Crippen molar-refractivity contribution in [2.24, 2.45) is 0 Å². The zero-order valence-corrected chi connectivity index (χ0v) is 15.8. The fourth-order valence-corrected chi connectivity index (χ4v) is 4.48. The molecular formula is C23H23NO3. The normalized spacial score (nSPS) is 15.6. The van der Waals surface area contributed by atoms with Crippen molar-refractivity contribution in [3.05, 3.63) is 68.6 Å². The summed E-state index contributed by atoms with van der Waals surface area (Å²) < 4.78 is 11.8.